The first-order chi connectivity index (χ1) is 13.3. The van der Waals surface area contributed by atoms with Crippen LogP contribution >= 0.6 is 0 Å². The third kappa shape index (κ3) is 2.80. The van der Waals surface area contributed by atoms with Crippen LogP contribution in [0.2, 0.25) is 0 Å². The van der Waals surface area contributed by atoms with Crippen LogP contribution in [0, 0.1) is 11.7 Å². The van der Waals surface area contributed by atoms with Crippen molar-refractivity contribution in [2.45, 2.75) is 44.2 Å². The van der Waals surface area contributed by atoms with Gasteiger partial charge in [0, 0.05) is 24.2 Å². The van der Waals surface area contributed by atoms with Crippen molar-refractivity contribution in [3.63, 3.8) is 0 Å². The first-order valence-corrected chi connectivity index (χ1v) is 9.58. The van der Waals surface area contributed by atoms with Gasteiger partial charge < -0.3 is 25.5 Å². The van der Waals surface area contributed by atoms with Gasteiger partial charge in [-0.15, -0.1) is 0 Å². The van der Waals surface area contributed by atoms with Crippen LogP contribution in [0.3, 0.4) is 0 Å². The molecule has 4 rings (SSSR count). The van der Waals surface area contributed by atoms with Gasteiger partial charge in [0.15, 0.2) is 11.6 Å². The Balaban J connectivity index is 2.00. The molecule has 9 heteroatoms. The molecule has 152 valence electrons. The largest absolute Gasteiger partial charge is 0.492 e. The highest BCUT2D eigenvalue weighted by Gasteiger charge is 2.46. The number of ether oxygens (including phenoxy) is 1. The monoisotopic (exact) mass is 392 g/mol. The van der Waals surface area contributed by atoms with Crippen molar-refractivity contribution in [3.05, 3.63) is 32.2 Å². The molecule has 1 saturated carbocycles. The number of fused-ring (bicyclic) bond motifs is 1. The Morgan fingerprint density at radius 1 is 1.36 bits per heavy atom. The number of aliphatic hydroxyl groups excluding tert-OH is 1. The molecule has 0 amide bonds. The van der Waals surface area contributed by atoms with Crippen LogP contribution in [0.1, 0.15) is 38.2 Å². The lowest BCUT2D eigenvalue weighted by molar-refractivity contribution is 0.0904. The number of hydrogen-bond acceptors (Lipinski definition) is 6. The summed E-state index contributed by atoms with van der Waals surface area (Å²) >= 11 is 0. The molecule has 2 heterocycles. The fourth-order valence-electron chi connectivity index (χ4n) is 4.33. The van der Waals surface area contributed by atoms with E-state index in [0.29, 0.717) is 25.8 Å². The molecular weight excluding hydrogens is 367 g/mol. The van der Waals surface area contributed by atoms with E-state index in [-0.39, 0.29) is 40.4 Å². The molecule has 0 radical (unpaired) electrons. The summed E-state index contributed by atoms with van der Waals surface area (Å²) in [6, 6.07) is 0. The molecule has 1 aromatic carbocycles. The molecule has 5 N–H and O–H groups in total. The highest BCUT2D eigenvalue weighted by atomic mass is 19.1. The highest BCUT2D eigenvalue weighted by Crippen LogP contribution is 2.50. The lowest BCUT2D eigenvalue weighted by Gasteiger charge is -2.38. The van der Waals surface area contributed by atoms with Crippen LogP contribution in [0.5, 0.6) is 5.75 Å². The maximum absolute atomic E-state index is 15.8. The van der Waals surface area contributed by atoms with Gasteiger partial charge in [0.1, 0.15) is 11.2 Å². The number of H-pyrrole nitrogens is 2. The van der Waals surface area contributed by atoms with Crippen molar-refractivity contribution in [3.8, 4) is 5.75 Å². The SMILES string of the molecule is CCC1CCN(c2c(F)c(C3(N)CC3)c3c(=O)[nH]c(=O)[nH]c3c2OC)CC1O. The predicted octanol–water partition coefficient (Wildman–Crippen LogP) is 0.909. The van der Waals surface area contributed by atoms with Crippen LogP contribution in [0.15, 0.2) is 9.59 Å². The maximum Gasteiger partial charge on any atom is 0.326 e. The minimum Gasteiger partial charge on any atom is -0.492 e. The smallest absolute Gasteiger partial charge is 0.326 e. The van der Waals surface area contributed by atoms with Gasteiger partial charge in [-0.3, -0.25) is 9.78 Å². The summed E-state index contributed by atoms with van der Waals surface area (Å²) in [6.07, 6.45) is 2.03. The molecule has 28 heavy (non-hydrogen) atoms. The van der Waals surface area contributed by atoms with E-state index in [0.717, 1.165) is 6.42 Å². The zero-order valence-electron chi connectivity index (χ0n) is 16.0. The number of nitrogens with two attached hydrogens (primary N) is 1. The third-order valence-corrected chi connectivity index (χ3v) is 6.11. The Hall–Kier alpha value is -2.39. The van der Waals surface area contributed by atoms with E-state index in [4.69, 9.17) is 10.5 Å². The molecule has 2 unspecified atom stereocenters. The number of aliphatic hydroxyl groups is 1. The summed E-state index contributed by atoms with van der Waals surface area (Å²) in [7, 11) is 1.36. The number of methoxy groups -OCH3 is 1. The van der Waals surface area contributed by atoms with E-state index < -0.39 is 28.7 Å². The van der Waals surface area contributed by atoms with Gasteiger partial charge in [0.25, 0.3) is 5.56 Å². The number of anilines is 1. The van der Waals surface area contributed by atoms with Crippen LogP contribution in [-0.2, 0) is 5.54 Å². The average Bonchev–Trinajstić information content (AvgIpc) is 3.39. The van der Waals surface area contributed by atoms with Crippen molar-refractivity contribution in [1.29, 1.82) is 0 Å². The summed E-state index contributed by atoms with van der Waals surface area (Å²) in [4.78, 5) is 30.9. The van der Waals surface area contributed by atoms with Crippen molar-refractivity contribution >= 4 is 16.6 Å². The van der Waals surface area contributed by atoms with E-state index in [1.165, 1.54) is 7.11 Å². The Bertz CT molecular complexity index is 1040. The van der Waals surface area contributed by atoms with Gasteiger partial charge in [-0.2, -0.15) is 0 Å². The number of rotatable bonds is 4. The van der Waals surface area contributed by atoms with Gasteiger partial charge in [0.05, 0.1) is 18.6 Å². The lowest BCUT2D eigenvalue weighted by Crippen LogP contribution is -2.44. The number of aromatic nitrogens is 2. The van der Waals surface area contributed by atoms with Crippen LogP contribution in [-0.4, -0.2) is 41.4 Å². The van der Waals surface area contributed by atoms with Gasteiger partial charge in [-0.1, -0.05) is 13.3 Å². The molecule has 2 aliphatic rings. The Labute approximate surface area is 160 Å². The van der Waals surface area contributed by atoms with Gasteiger partial charge in [0.2, 0.25) is 0 Å². The number of β-amino-alcohol motifs (C(OH)–C–C–N with tert-alkyl or cyclic N) is 1. The molecule has 1 aromatic heterocycles. The second kappa shape index (κ2) is 6.59. The molecule has 1 saturated heterocycles. The summed E-state index contributed by atoms with van der Waals surface area (Å²) in [5.74, 6) is -0.396. The molecule has 0 bridgehead atoms. The van der Waals surface area contributed by atoms with Crippen LogP contribution in [0.25, 0.3) is 10.9 Å². The third-order valence-electron chi connectivity index (χ3n) is 6.11. The molecule has 8 nitrogen and oxygen atoms in total. The second-order valence-corrected chi connectivity index (χ2v) is 7.86. The van der Waals surface area contributed by atoms with E-state index in [2.05, 4.69) is 9.97 Å². The fourth-order valence-corrected chi connectivity index (χ4v) is 4.33. The topological polar surface area (TPSA) is 124 Å². The van der Waals surface area contributed by atoms with Crippen LogP contribution in [0.4, 0.5) is 10.1 Å². The minimum atomic E-state index is -0.949. The van der Waals surface area contributed by atoms with Gasteiger partial charge >= 0.3 is 5.69 Å². The Morgan fingerprint density at radius 2 is 2.07 bits per heavy atom. The zero-order valence-corrected chi connectivity index (χ0v) is 16.0. The summed E-state index contributed by atoms with van der Waals surface area (Å²) in [6.45, 7) is 2.78. The summed E-state index contributed by atoms with van der Waals surface area (Å²) in [5.41, 5.74) is 4.33. The van der Waals surface area contributed by atoms with Crippen molar-refractivity contribution in [2.75, 3.05) is 25.1 Å². The van der Waals surface area contributed by atoms with E-state index in [1.807, 2.05) is 6.92 Å². The van der Waals surface area contributed by atoms with Crippen molar-refractivity contribution in [2.24, 2.45) is 11.7 Å². The van der Waals surface area contributed by atoms with Gasteiger partial charge in [-0.05, 0) is 25.2 Å². The predicted molar refractivity (Wildman–Crippen MR) is 103 cm³/mol. The summed E-state index contributed by atoms with van der Waals surface area (Å²) < 4.78 is 21.3. The highest BCUT2D eigenvalue weighted by molar-refractivity contribution is 5.94. The Kier molecular flexibility index (Phi) is 4.46. The molecule has 0 spiro atoms. The first kappa shape index (κ1) is 18.9. The molecule has 1 aliphatic heterocycles. The normalized spacial score (nSPS) is 23.8. The fraction of sp³-hybridized carbons (Fsp3) is 0.579. The van der Waals surface area contributed by atoms with Crippen molar-refractivity contribution in [1.82, 2.24) is 9.97 Å². The minimum absolute atomic E-state index is 0.0155. The molecule has 2 atom stereocenters. The molecule has 1 aliphatic carbocycles. The number of aromatic amines is 2. The molecular formula is C19H25FN4O4. The lowest BCUT2D eigenvalue weighted by atomic mass is 9.90. The standard InChI is InChI=1S/C19H25FN4O4/c1-3-9-4-7-24(8-10(9)25)15-13(20)12(19(21)5-6-19)11-14(16(15)28-2)22-18(27)23-17(11)26/h9-10,25H,3-8,21H2,1-2H3,(H2,22,23,26,27). The number of hydrogen-bond donors (Lipinski definition) is 4. The number of halogens is 1. The van der Waals surface area contributed by atoms with E-state index in [1.54, 1.807) is 4.90 Å². The molecule has 2 aromatic rings. The van der Waals surface area contributed by atoms with E-state index in [9.17, 15) is 14.7 Å². The number of nitrogens with zero attached hydrogens (tertiary/aromatic N) is 1. The zero-order chi connectivity index (χ0) is 20.2. The van der Waals surface area contributed by atoms with Crippen molar-refractivity contribution < 1.29 is 14.2 Å². The average molecular weight is 392 g/mol. The number of benzene rings is 1. The van der Waals surface area contributed by atoms with E-state index >= 15 is 4.39 Å². The second-order valence-electron chi connectivity index (χ2n) is 7.86. The maximum atomic E-state index is 15.8. The molecule has 2 fully saturated rings. The Morgan fingerprint density at radius 3 is 2.64 bits per heavy atom. The quantitative estimate of drug-likeness (QED) is 0.613. The first-order valence-electron chi connectivity index (χ1n) is 9.58. The van der Waals surface area contributed by atoms with Gasteiger partial charge in [-0.25, -0.2) is 9.18 Å². The number of nitrogens with one attached hydrogen (secondary N) is 2. The summed E-state index contributed by atoms with van der Waals surface area (Å²) in [5, 5.41) is 10.5. The van der Waals surface area contributed by atoms with Crippen LogP contribution < -0.4 is 26.6 Å². The number of piperidine rings is 1.